The number of pyridine rings is 1. The summed E-state index contributed by atoms with van der Waals surface area (Å²) in [7, 11) is 1.50. The summed E-state index contributed by atoms with van der Waals surface area (Å²) in [5.74, 6) is 0.0882. The molecule has 6 heteroatoms. The molecule has 2 aromatic rings. The van der Waals surface area contributed by atoms with E-state index in [0.29, 0.717) is 42.6 Å². The van der Waals surface area contributed by atoms with Crippen LogP contribution in [0.5, 0.6) is 11.6 Å². The monoisotopic (exact) mass is 439 g/mol. The molecule has 0 amide bonds. The summed E-state index contributed by atoms with van der Waals surface area (Å²) in [5.41, 5.74) is 2.97. The first-order valence-electron chi connectivity index (χ1n) is 11.2. The van der Waals surface area contributed by atoms with E-state index in [2.05, 4.69) is 44.0 Å². The molecule has 1 aliphatic rings. The number of carboxylic acids is 1. The molecule has 1 aliphatic carbocycles. The van der Waals surface area contributed by atoms with Gasteiger partial charge < -0.3 is 14.6 Å². The van der Waals surface area contributed by atoms with Crippen LogP contribution >= 0.6 is 0 Å². The highest BCUT2D eigenvalue weighted by Crippen LogP contribution is 2.42. The zero-order valence-electron chi connectivity index (χ0n) is 19.4. The van der Waals surface area contributed by atoms with E-state index in [1.165, 1.54) is 30.0 Å². The van der Waals surface area contributed by atoms with Crippen LogP contribution < -0.4 is 9.47 Å². The molecule has 3 rings (SSSR count). The molecule has 0 aliphatic heterocycles. The number of nitrogens with zero attached hydrogens (tertiary/aromatic N) is 1. The van der Waals surface area contributed by atoms with Gasteiger partial charge in [0.15, 0.2) is 11.5 Å². The van der Waals surface area contributed by atoms with Gasteiger partial charge in [-0.25, -0.2) is 4.98 Å². The maximum atomic E-state index is 13.0. The van der Waals surface area contributed by atoms with Gasteiger partial charge in [-0.05, 0) is 62.6 Å². The van der Waals surface area contributed by atoms with Gasteiger partial charge in [0.25, 0.3) is 5.88 Å². The number of methoxy groups -OCH3 is 1. The lowest BCUT2D eigenvalue weighted by Gasteiger charge is -2.35. The van der Waals surface area contributed by atoms with Gasteiger partial charge >= 0.3 is 5.97 Å². The zero-order chi connectivity index (χ0) is 23.3. The molecule has 0 unspecified atom stereocenters. The molecule has 172 valence electrons. The smallest absolute Gasteiger partial charge is 0.310 e. The van der Waals surface area contributed by atoms with E-state index < -0.39 is 11.4 Å². The molecule has 1 aromatic carbocycles. The quantitative estimate of drug-likeness (QED) is 0.542. The molecule has 0 bridgehead atoms. The number of rotatable bonds is 9. The van der Waals surface area contributed by atoms with Crippen molar-refractivity contribution in [1.29, 1.82) is 0 Å². The van der Waals surface area contributed by atoms with E-state index in [-0.39, 0.29) is 12.2 Å². The number of carbonyl (C=O) groups excluding carboxylic acids is 1. The van der Waals surface area contributed by atoms with Gasteiger partial charge in [0.05, 0.1) is 19.1 Å². The highest BCUT2D eigenvalue weighted by Gasteiger charge is 2.43. The Morgan fingerprint density at radius 1 is 1.19 bits per heavy atom. The second-order valence-electron chi connectivity index (χ2n) is 9.13. The summed E-state index contributed by atoms with van der Waals surface area (Å²) in [4.78, 5) is 29.3. The molecule has 6 nitrogen and oxygen atoms in total. The molecule has 0 atom stereocenters. The maximum absolute atomic E-state index is 13.0. The number of Topliss-reactive ketones (excluding diaryl/α,β-unsaturated/α-hetero) is 1. The van der Waals surface area contributed by atoms with Crippen LogP contribution in [0.15, 0.2) is 30.5 Å². The number of ketones is 1. The fraction of sp³-hybridized carbons (Fsp3) is 0.500. The number of aliphatic carboxylic acids is 1. The lowest BCUT2D eigenvalue weighted by Crippen LogP contribution is -2.37. The van der Waals surface area contributed by atoms with Crippen molar-refractivity contribution in [2.45, 2.75) is 59.3 Å². The number of carbonyl (C=O) groups is 2. The minimum Gasteiger partial charge on any atom is -0.488 e. The van der Waals surface area contributed by atoms with E-state index in [1.807, 2.05) is 0 Å². The average Bonchev–Trinajstić information content (AvgIpc) is 2.77. The first kappa shape index (κ1) is 23.8. The first-order valence-corrected chi connectivity index (χ1v) is 11.2. The molecule has 0 radical (unpaired) electrons. The van der Waals surface area contributed by atoms with Crippen LogP contribution in [-0.4, -0.2) is 35.6 Å². The number of carboxylic acid groups (broad SMARTS) is 1. The van der Waals surface area contributed by atoms with Crippen molar-refractivity contribution in [1.82, 2.24) is 4.98 Å². The lowest BCUT2D eigenvalue weighted by atomic mass is 9.68. The topological polar surface area (TPSA) is 85.7 Å². The van der Waals surface area contributed by atoms with Crippen LogP contribution in [-0.2, 0) is 11.2 Å². The van der Waals surface area contributed by atoms with Crippen molar-refractivity contribution in [2.75, 3.05) is 13.7 Å². The number of aryl methyl sites for hydroxylation is 2. The highest BCUT2D eigenvalue weighted by molar-refractivity contribution is 5.99. The van der Waals surface area contributed by atoms with Crippen LogP contribution in [0.3, 0.4) is 0 Å². The summed E-state index contributed by atoms with van der Waals surface area (Å²) in [5, 5.41) is 9.86. The van der Waals surface area contributed by atoms with Gasteiger partial charge in [-0.15, -0.1) is 0 Å². The molecule has 1 saturated carbocycles. The molecule has 0 saturated heterocycles. The Morgan fingerprint density at radius 2 is 1.91 bits per heavy atom. The van der Waals surface area contributed by atoms with Crippen molar-refractivity contribution in [3.63, 3.8) is 0 Å². The van der Waals surface area contributed by atoms with Gasteiger partial charge in [0, 0.05) is 24.6 Å². The summed E-state index contributed by atoms with van der Waals surface area (Å²) >= 11 is 0. The molecule has 1 fully saturated rings. The van der Waals surface area contributed by atoms with Crippen LogP contribution in [0.2, 0.25) is 0 Å². The SMILES string of the molecule is COc1ncc(C(=O)CC2(C(=O)O)CCC(C)CC2)cc1OCCc1cc(C)ccc1C. The van der Waals surface area contributed by atoms with E-state index >= 15 is 0 Å². The van der Waals surface area contributed by atoms with Crippen LogP contribution in [0.25, 0.3) is 0 Å². The number of benzene rings is 1. The molecule has 1 aromatic heterocycles. The zero-order valence-corrected chi connectivity index (χ0v) is 19.4. The Hall–Kier alpha value is -2.89. The fourth-order valence-electron chi connectivity index (χ4n) is 4.37. The van der Waals surface area contributed by atoms with Crippen molar-refractivity contribution < 1.29 is 24.2 Å². The Morgan fingerprint density at radius 3 is 2.56 bits per heavy atom. The maximum Gasteiger partial charge on any atom is 0.310 e. The predicted octanol–water partition coefficient (Wildman–Crippen LogP) is 5.18. The van der Waals surface area contributed by atoms with Crippen molar-refractivity contribution in [3.8, 4) is 11.6 Å². The van der Waals surface area contributed by atoms with Crippen LogP contribution in [0.4, 0.5) is 0 Å². The van der Waals surface area contributed by atoms with Crippen molar-refractivity contribution in [2.24, 2.45) is 11.3 Å². The second kappa shape index (κ2) is 10.2. The first-order chi connectivity index (χ1) is 15.2. The van der Waals surface area contributed by atoms with Crippen molar-refractivity contribution in [3.05, 3.63) is 52.7 Å². The standard InChI is InChI=1S/C26H33NO5/c1-17-7-10-26(11-8-17,25(29)30)15-22(28)21-14-23(24(31-4)27-16-21)32-12-9-20-13-18(2)5-6-19(20)3/h5-6,13-14,16-17H,7-12,15H2,1-4H3,(H,29,30). The minimum atomic E-state index is -0.993. The van der Waals surface area contributed by atoms with Crippen LogP contribution in [0, 0.1) is 25.2 Å². The van der Waals surface area contributed by atoms with Gasteiger partial charge in [-0.2, -0.15) is 0 Å². The number of hydrogen-bond acceptors (Lipinski definition) is 5. The van der Waals surface area contributed by atoms with E-state index in [4.69, 9.17) is 9.47 Å². The van der Waals surface area contributed by atoms with Crippen molar-refractivity contribution >= 4 is 11.8 Å². The Kier molecular flexibility index (Phi) is 7.54. The average molecular weight is 440 g/mol. The molecule has 1 heterocycles. The molecular weight excluding hydrogens is 406 g/mol. The summed E-state index contributed by atoms with van der Waals surface area (Å²) in [6.45, 7) is 6.67. The number of hydrogen-bond donors (Lipinski definition) is 1. The summed E-state index contributed by atoms with van der Waals surface area (Å²) in [6, 6.07) is 7.94. The lowest BCUT2D eigenvalue weighted by molar-refractivity contribution is -0.151. The minimum absolute atomic E-state index is 0.0228. The Labute approximate surface area is 190 Å². The Balaban J connectivity index is 1.72. The van der Waals surface area contributed by atoms with Gasteiger partial charge in [-0.3, -0.25) is 9.59 Å². The van der Waals surface area contributed by atoms with E-state index in [0.717, 1.165) is 19.3 Å². The normalized spacial score (nSPS) is 20.6. The molecule has 32 heavy (non-hydrogen) atoms. The van der Waals surface area contributed by atoms with Gasteiger partial charge in [-0.1, -0.05) is 30.7 Å². The van der Waals surface area contributed by atoms with E-state index in [9.17, 15) is 14.7 Å². The summed E-state index contributed by atoms with van der Waals surface area (Å²) in [6.07, 6.45) is 4.84. The number of aromatic nitrogens is 1. The fourth-order valence-corrected chi connectivity index (χ4v) is 4.37. The third kappa shape index (κ3) is 5.47. The number of ether oxygens (including phenoxy) is 2. The Bertz CT molecular complexity index is 976. The van der Waals surface area contributed by atoms with Crippen LogP contribution in [0.1, 0.15) is 66.1 Å². The van der Waals surface area contributed by atoms with Gasteiger partial charge in [0.2, 0.25) is 0 Å². The molecule has 1 N–H and O–H groups in total. The molecule has 0 spiro atoms. The highest BCUT2D eigenvalue weighted by atomic mass is 16.5. The van der Waals surface area contributed by atoms with E-state index in [1.54, 1.807) is 6.07 Å². The predicted molar refractivity (Wildman–Crippen MR) is 123 cm³/mol. The third-order valence-corrected chi connectivity index (χ3v) is 6.65. The summed E-state index contributed by atoms with van der Waals surface area (Å²) < 4.78 is 11.2. The largest absolute Gasteiger partial charge is 0.488 e. The second-order valence-corrected chi connectivity index (χ2v) is 9.13. The third-order valence-electron chi connectivity index (χ3n) is 6.65. The van der Waals surface area contributed by atoms with Gasteiger partial charge in [0.1, 0.15) is 0 Å². The molecular formula is C26H33NO5.